The Morgan fingerprint density at radius 3 is 3.00 bits per heavy atom. The number of allylic oxidation sites excluding steroid dienone is 1. The smallest absolute Gasteiger partial charge is 0.206 e. The van der Waals surface area contributed by atoms with Gasteiger partial charge in [0.2, 0.25) is 5.13 Å². The molecule has 0 amide bonds. The number of para-hydroxylation sites is 1. The number of nitriles is 1. The summed E-state index contributed by atoms with van der Waals surface area (Å²) in [5.41, 5.74) is 1.18. The molecule has 0 atom stereocenters. The first kappa shape index (κ1) is 18.5. The van der Waals surface area contributed by atoms with Crippen molar-refractivity contribution in [3.05, 3.63) is 47.5 Å². The van der Waals surface area contributed by atoms with Crippen molar-refractivity contribution in [3.63, 3.8) is 0 Å². The molecule has 0 fully saturated rings. The van der Waals surface area contributed by atoms with Gasteiger partial charge in [0.15, 0.2) is 10.1 Å². The number of hydrogen-bond acceptors (Lipinski definition) is 9. The first-order valence-corrected chi connectivity index (χ1v) is 10.2. The molecule has 1 N–H and O–H groups in total. The molecular formula is C17H15N5OS3. The number of nitrogens with zero attached hydrogens (tertiary/aromatic N) is 4. The third-order valence-electron chi connectivity index (χ3n) is 3.47. The second-order valence-corrected chi connectivity index (χ2v) is 8.41. The van der Waals surface area contributed by atoms with Crippen molar-refractivity contribution in [2.24, 2.45) is 0 Å². The van der Waals surface area contributed by atoms with Crippen LogP contribution in [0, 0.1) is 11.3 Å². The van der Waals surface area contributed by atoms with E-state index in [9.17, 15) is 10.1 Å². The summed E-state index contributed by atoms with van der Waals surface area (Å²) < 4.78 is 0.683. The van der Waals surface area contributed by atoms with Gasteiger partial charge in [0.05, 0.1) is 11.4 Å². The third kappa shape index (κ3) is 3.93. The molecule has 2 aromatic rings. The lowest BCUT2D eigenvalue weighted by Gasteiger charge is -2.14. The maximum Gasteiger partial charge on any atom is 0.206 e. The van der Waals surface area contributed by atoms with Crippen molar-refractivity contribution < 1.29 is 4.79 Å². The Labute approximate surface area is 164 Å². The quantitative estimate of drug-likeness (QED) is 0.325. The lowest BCUT2D eigenvalue weighted by Crippen LogP contribution is -2.16. The molecule has 1 aromatic carbocycles. The molecule has 1 aromatic heterocycles. The second kappa shape index (κ2) is 8.40. The highest BCUT2D eigenvalue weighted by atomic mass is 32.2. The Balaban J connectivity index is 1.69. The van der Waals surface area contributed by atoms with Crippen molar-refractivity contribution in [3.8, 4) is 6.07 Å². The second-order valence-electron chi connectivity index (χ2n) is 5.18. The minimum Gasteiger partial charge on any atom is -0.357 e. The zero-order valence-electron chi connectivity index (χ0n) is 13.9. The van der Waals surface area contributed by atoms with Crippen LogP contribution in [0.4, 0.5) is 10.8 Å². The van der Waals surface area contributed by atoms with Crippen LogP contribution in [0.3, 0.4) is 0 Å². The van der Waals surface area contributed by atoms with Crippen molar-refractivity contribution in [1.82, 2.24) is 10.2 Å². The Kier molecular flexibility index (Phi) is 5.98. The van der Waals surface area contributed by atoms with Gasteiger partial charge in [0.1, 0.15) is 16.7 Å². The van der Waals surface area contributed by atoms with E-state index in [-0.39, 0.29) is 17.1 Å². The molecule has 1 aliphatic heterocycles. The zero-order valence-corrected chi connectivity index (χ0v) is 16.4. The van der Waals surface area contributed by atoms with Gasteiger partial charge in [-0.15, -0.1) is 16.8 Å². The van der Waals surface area contributed by atoms with Gasteiger partial charge < -0.3 is 10.2 Å². The summed E-state index contributed by atoms with van der Waals surface area (Å²) in [5.74, 6) is -0.0665. The van der Waals surface area contributed by atoms with E-state index >= 15 is 0 Å². The Bertz CT molecular complexity index is 915. The van der Waals surface area contributed by atoms with E-state index in [2.05, 4.69) is 28.2 Å². The summed E-state index contributed by atoms with van der Waals surface area (Å²) in [7, 11) is 1.87. The van der Waals surface area contributed by atoms with E-state index in [1.807, 2.05) is 36.2 Å². The average molecular weight is 402 g/mol. The van der Waals surface area contributed by atoms with Gasteiger partial charge in [0, 0.05) is 18.5 Å². The van der Waals surface area contributed by atoms with E-state index in [1.165, 1.54) is 34.9 Å². The van der Waals surface area contributed by atoms with Gasteiger partial charge in [-0.25, -0.2) is 0 Å². The number of fused-ring (bicyclic) bond motifs is 1. The largest absolute Gasteiger partial charge is 0.357 e. The van der Waals surface area contributed by atoms with Crippen molar-refractivity contribution in [2.75, 3.05) is 29.6 Å². The first-order valence-electron chi connectivity index (χ1n) is 7.63. The minimum atomic E-state index is -0.213. The molecule has 0 saturated carbocycles. The molecule has 6 nitrogen and oxygen atoms in total. The number of benzene rings is 1. The number of hydrogen-bond donors (Lipinski definition) is 1. The van der Waals surface area contributed by atoms with Gasteiger partial charge in [-0.1, -0.05) is 53.1 Å². The highest BCUT2D eigenvalue weighted by Gasteiger charge is 2.27. The first-order chi connectivity index (χ1) is 12.6. The fourth-order valence-corrected chi connectivity index (χ4v) is 5.04. The molecule has 0 saturated heterocycles. The zero-order chi connectivity index (χ0) is 18.5. The van der Waals surface area contributed by atoms with Crippen LogP contribution in [0.2, 0.25) is 0 Å². The molecule has 26 heavy (non-hydrogen) atoms. The molecule has 0 aliphatic carbocycles. The van der Waals surface area contributed by atoms with Crippen LogP contribution in [0.1, 0.15) is 0 Å². The van der Waals surface area contributed by atoms with Gasteiger partial charge in [-0.3, -0.25) is 4.79 Å². The number of carbonyl (C=O) groups is 1. The van der Waals surface area contributed by atoms with Gasteiger partial charge >= 0.3 is 0 Å². The molecule has 2 heterocycles. The van der Waals surface area contributed by atoms with E-state index < -0.39 is 0 Å². The van der Waals surface area contributed by atoms with E-state index in [0.717, 1.165) is 10.6 Å². The summed E-state index contributed by atoms with van der Waals surface area (Å²) >= 11 is 4.11. The molecule has 9 heteroatoms. The standard InChI is InChI=1S/C17H15N5OS3/c1-3-8-19-16-20-21-17(26-16)24-10-13(23)11(9-18)15-22(2)12-6-4-5-7-14(12)25-15/h3-7H,1,8,10H2,2H3,(H,19,20)/b15-11-. The molecule has 3 rings (SSSR count). The molecule has 132 valence electrons. The SMILES string of the molecule is C=CCNc1nnc(SCC(=O)/C(C#N)=C2\Sc3ccccc3N2C)s1. The molecule has 0 radical (unpaired) electrons. The number of anilines is 2. The van der Waals surface area contributed by atoms with Crippen molar-refractivity contribution in [1.29, 1.82) is 5.26 Å². The molecular weight excluding hydrogens is 386 g/mol. The molecule has 0 spiro atoms. The average Bonchev–Trinajstić information content (AvgIpc) is 3.24. The number of ketones is 1. The summed E-state index contributed by atoms with van der Waals surface area (Å²) in [5, 5.41) is 22.0. The lowest BCUT2D eigenvalue weighted by atomic mass is 10.2. The fourth-order valence-electron chi connectivity index (χ4n) is 2.25. The molecule has 0 unspecified atom stereocenters. The number of Topliss-reactive ketones (excluding diaryl/α,β-unsaturated/α-hetero) is 1. The molecule has 0 bridgehead atoms. The highest BCUT2D eigenvalue weighted by molar-refractivity contribution is 8.04. The van der Waals surface area contributed by atoms with Crippen LogP contribution in [-0.4, -0.2) is 35.3 Å². The lowest BCUT2D eigenvalue weighted by molar-refractivity contribution is -0.112. The van der Waals surface area contributed by atoms with Gasteiger partial charge in [-0.2, -0.15) is 5.26 Å². The van der Waals surface area contributed by atoms with Gasteiger partial charge in [0.25, 0.3) is 0 Å². The Hall–Kier alpha value is -2.28. The van der Waals surface area contributed by atoms with Crippen LogP contribution >= 0.6 is 34.9 Å². The predicted molar refractivity (Wildman–Crippen MR) is 108 cm³/mol. The van der Waals surface area contributed by atoms with Crippen molar-refractivity contribution >= 4 is 51.5 Å². The van der Waals surface area contributed by atoms with Gasteiger partial charge in [-0.05, 0) is 12.1 Å². The number of thioether (sulfide) groups is 2. The Morgan fingerprint density at radius 1 is 1.46 bits per heavy atom. The van der Waals surface area contributed by atoms with Crippen LogP contribution < -0.4 is 10.2 Å². The topological polar surface area (TPSA) is 81.9 Å². The van der Waals surface area contributed by atoms with E-state index in [0.29, 0.717) is 21.0 Å². The number of carbonyl (C=O) groups excluding carboxylic acids is 1. The highest BCUT2D eigenvalue weighted by Crippen LogP contribution is 2.46. The fraction of sp³-hybridized carbons (Fsp3) is 0.176. The number of rotatable bonds is 7. The van der Waals surface area contributed by atoms with Crippen molar-refractivity contribution in [2.45, 2.75) is 9.24 Å². The minimum absolute atomic E-state index is 0.146. The van der Waals surface area contributed by atoms with Crippen LogP contribution in [-0.2, 0) is 4.79 Å². The molecule has 1 aliphatic rings. The summed E-state index contributed by atoms with van der Waals surface area (Å²) in [4.78, 5) is 15.5. The summed E-state index contributed by atoms with van der Waals surface area (Å²) in [6.07, 6.45) is 1.73. The maximum absolute atomic E-state index is 12.6. The maximum atomic E-state index is 12.6. The monoisotopic (exact) mass is 401 g/mol. The normalized spacial score (nSPS) is 14.5. The van der Waals surface area contributed by atoms with Crippen LogP contribution in [0.15, 0.2) is 56.8 Å². The number of aromatic nitrogens is 2. The predicted octanol–water partition coefficient (Wildman–Crippen LogP) is 3.77. The van der Waals surface area contributed by atoms with Crippen LogP contribution in [0.25, 0.3) is 0 Å². The summed E-state index contributed by atoms with van der Waals surface area (Å²) in [6, 6.07) is 9.92. The van der Waals surface area contributed by atoms with E-state index in [4.69, 9.17) is 0 Å². The number of nitrogens with one attached hydrogen (secondary N) is 1. The van der Waals surface area contributed by atoms with E-state index in [1.54, 1.807) is 6.08 Å². The summed E-state index contributed by atoms with van der Waals surface area (Å²) in [6.45, 7) is 4.24. The van der Waals surface area contributed by atoms with Crippen LogP contribution in [0.5, 0.6) is 0 Å². The third-order valence-corrected chi connectivity index (χ3v) is 6.72. The Morgan fingerprint density at radius 2 is 2.27 bits per heavy atom.